The summed E-state index contributed by atoms with van der Waals surface area (Å²) >= 11 is 0. The molecule has 7 nitrogen and oxygen atoms in total. The molecule has 1 saturated heterocycles. The molecule has 1 saturated carbocycles. The van der Waals surface area contributed by atoms with Gasteiger partial charge < -0.3 is 20.1 Å². The minimum atomic E-state index is -4.60. The Morgan fingerprint density at radius 1 is 1.35 bits per heavy atom. The average Bonchev–Trinajstić information content (AvgIpc) is 2.57. The lowest BCUT2D eigenvalue weighted by Crippen LogP contribution is -2.39. The Balaban J connectivity index is 1.73. The zero-order valence-electron chi connectivity index (χ0n) is 14.3. The normalized spacial score (nSPS) is 23.8. The Bertz CT molecular complexity index is 652. The second-order valence-electron chi connectivity index (χ2n) is 6.51. The lowest BCUT2D eigenvalue weighted by atomic mass is 9.85. The molecule has 2 aliphatic rings. The summed E-state index contributed by atoms with van der Waals surface area (Å²) in [6.07, 6.45) is -1.30. The first-order valence-electron chi connectivity index (χ1n) is 8.53. The SMILES string of the molecule is CNC(=O)C1CCCC(Nc2ncc(C(F)(F)F)c(OC3COC3)n2)C1. The fourth-order valence-corrected chi connectivity index (χ4v) is 3.11. The molecule has 1 aromatic heterocycles. The van der Waals surface area contributed by atoms with Gasteiger partial charge in [-0.1, -0.05) is 6.42 Å². The van der Waals surface area contributed by atoms with Crippen molar-refractivity contribution >= 4 is 11.9 Å². The highest BCUT2D eigenvalue weighted by Crippen LogP contribution is 2.36. The van der Waals surface area contributed by atoms with Crippen molar-refractivity contribution in [3.8, 4) is 5.88 Å². The monoisotopic (exact) mass is 374 g/mol. The minimum absolute atomic E-state index is 0.0288. The maximum Gasteiger partial charge on any atom is 0.423 e. The molecular formula is C16H21F3N4O3. The Labute approximate surface area is 148 Å². The smallest absolute Gasteiger partial charge is 0.423 e. The van der Waals surface area contributed by atoms with Crippen LogP contribution in [0.4, 0.5) is 19.1 Å². The zero-order valence-corrected chi connectivity index (χ0v) is 14.3. The van der Waals surface area contributed by atoms with Crippen molar-refractivity contribution in [2.45, 2.75) is 44.0 Å². The Hall–Kier alpha value is -2.10. The summed E-state index contributed by atoms with van der Waals surface area (Å²) in [6.45, 7) is 0.473. The van der Waals surface area contributed by atoms with Crippen molar-refractivity contribution in [1.29, 1.82) is 0 Å². The van der Waals surface area contributed by atoms with E-state index < -0.39 is 23.7 Å². The van der Waals surface area contributed by atoms with E-state index >= 15 is 0 Å². The predicted octanol–water partition coefficient (Wildman–Crippen LogP) is 1.99. The van der Waals surface area contributed by atoms with Crippen molar-refractivity contribution < 1.29 is 27.4 Å². The third-order valence-electron chi connectivity index (χ3n) is 4.57. The van der Waals surface area contributed by atoms with Crippen LogP contribution >= 0.6 is 0 Å². The van der Waals surface area contributed by atoms with Crippen molar-refractivity contribution in [2.75, 3.05) is 25.6 Å². The number of aromatic nitrogens is 2. The number of carbonyl (C=O) groups is 1. The molecule has 2 N–H and O–H groups in total. The molecule has 1 aromatic rings. The summed E-state index contributed by atoms with van der Waals surface area (Å²) in [6, 6.07) is -0.0809. The number of ether oxygens (including phenoxy) is 2. The van der Waals surface area contributed by atoms with E-state index in [1.807, 2.05) is 0 Å². The number of hydrogen-bond acceptors (Lipinski definition) is 6. The number of alkyl halides is 3. The zero-order chi connectivity index (χ0) is 18.7. The fourth-order valence-electron chi connectivity index (χ4n) is 3.11. The van der Waals surface area contributed by atoms with Crippen molar-refractivity contribution in [1.82, 2.24) is 15.3 Å². The van der Waals surface area contributed by atoms with E-state index in [0.717, 1.165) is 25.5 Å². The van der Waals surface area contributed by atoms with Gasteiger partial charge in [0.15, 0.2) is 0 Å². The summed E-state index contributed by atoms with van der Waals surface area (Å²) in [5.74, 6) is -0.583. The average molecular weight is 374 g/mol. The highest BCUT2D eigenvalue weighted by atomic mass is 19.4. The molecule has 2 heterocycles. The van der Waals surface area contributed by atoms with E-state index in [2.05, 4.69) is 20.6 Å². The van der Waals surface area contributed by atoms with Gasteiger partial charge in [0, 0.05) is 25.2 Å². The van der Waals surface area contributed by atoms with Gasteiger partial charge >= 0.3 is 6.18 Å². The molecule has 3 rings (SSSR count). The number of nitrogens with one attached hydrogen (secondary N) is 2. The summed E-state index contributed by atoms with van der Waals surface area (Å²) < 4.78 is 49.6. The molecule has 0 bridgehead atoms. The molecular weight excluding hydrogens is 353 g/mol. The molecule has 2 fully saturated rings. The maximum atomic E-state index is 13.1. The molecule has 2 unspecified atom stereocenters. The summed E-state index contributed by atoms with van der Waals surface area (Å²) in [5, 5.41) is 5.67. The first-order valence-corrected chi connectivity index (χ1v) is 8.53. The van der Waals surface area contributed by atoms with Crippen LogP contribution in [0.5, 0.6) is 5.88 Å². The van der Waals surface area contributed by atoms with E-state index in [1.165, 1.54) is 0 Å². The minimum Gasteiger partial charge on any atom is -0.469 e. The number of hydrogen-bond donors (Lipinski definition) is 2. The molecule has 2 atom stereocenters. The van der Waals surface area contributed by atoms with Crippen LogP contribution in [0.15, 0.2) is 6.20 Å². The first-order chi connectivity index (χ1) is 12.4. The van der Waals surface area contributed by atoms with E-state index in [1.54, 1.807) is 7.05 Å². The van der Waals surface area contributed by atoms with Gasteiger partial charge in [-0.05, 0) is 19.3 Å². The van der Waals surface area contributed by atoms with Crippen LogP contribution in [0, 0.1) is 5.92 Å². The lowest BCUT2D eigenvalue weighted by molar-refractivity contribution is -0.142. The van der Waals surface area contributed by atoms with Gasteiger partial charge in [0.05, 0.1) is 13.2 Å². The van der Waals surface area contributed by atoms with Crippen LogP contribution in [0.3, 0.4) is 0 Å². The predicted molar refractivity (Wildman–Crippen MR) is 85.7 cm³/mol. The van der Waals surface area contributed by atoms with Crippen LogP contribution in [0.2, 0.25) is 0 Å². The molecule has 1 aliphatic heterocycles. The Morgan fingerprint density at radius 3 is 2.73 bits per heavy atom. The number of anilines is 1. The summed E-state index contributed by atoms with van der Waals surface area (Å²) in [7, 11) is 1.59. The number of rotatable bonds is 5. The second kappa shape index (κ2) is 7.65. The van der Waals surface area contributed by atoms with Gasteiger partial charge in [-0.2, -0.15) is 18.2 Å². The molecule has 0 aromatic carbocycles. The van der Waals surface area contributed by atoms with Crippen molar-refractivity contribution in [3.05, 3.63) is 11.8 Å². The van der Waals surface area contributed by atoms with E-state index in [4.69, 9.17) is 9.47 Å². The van der Waals surface area contributed by atoms with E-state index in [0.29, 0.717) is 6.42 Å². The molecule has 0 radical (unpaired) electrons. The highest BCUT2D eigenvalue weighted by molar-refractivity contribution is 5.78. The van der Waals surface area contributed by atoms with Crippen molar-refractivity contribution in [2.24, 2.45) is 5.92 Å². The van der Waals surface area contributed by atoms with Gasteiger partial charge in [0.1, 0.15) is 11.7 Å². The third-order valence-corrected chi connectivity index (χ3v) is 4.57. The van der Waals surface area contributed by atoms with Crippen molar-refractivity contribution in [3.63, 3.8) is 0 Å². The van der Waals surface area contributed by atoms with Crippen LogP contribution in [-0.4, -0.2) is 48.3 Å². The largest absolute Gasteiger partial charge is 0.469 e. The molecule has 0 spiro atoms. The molecule has 1 aliphatic carbocycles. The van der Waals surface area contributed by atoms with Gasteiger partial charge in [-0.3, -0.25) is 4.79 Å². The quantitative estimate of drug-likeness (QED) is 0.820. The second-order valence-corrected chi connectivity index (χ2v) is 6.51. The van der Waals surface area contributed by atoms with Crippen LogP contribution < -0.4 is 15.4 Å². The number of halogens is 3. The third kappa shape index (κ3) is 4.35. The lowest BCUT2D eigenvalue weighted by Gasteiger charge is -2.29. The molecule has 10 heteroatoms. The number of amides is 1. The van der Waals surface area contributed by atoms with E-state index in [-0.39, 0.29) is 37.0 Å². The van der Waals surface area contributed by atoms with Crippen LogP contribution in [-0.2, 0) is 15.7 Å². The van der Waals surface area contributed by atoms with E-state index in [9.17, 15) is 18.0 Å². The Morgan fingerprint density at radius 2 is 2.12 bits per heavy atom. The van der Waals surface area contributed by atoms with Gasteiger partial charge in [0.25, 0.3) is 0 Å². The number of carbonyl (C=O) groups excluding carboxylic acids is 1. The summed E-state index contributed by atoms with van der Waals surface area (Å²) in [5.41, 5.74) is -1.01. The molecule has 1 amide bonds. The van der Waals surface area contributed by atoms with Crippen LogP contribution in [0.1, 0.15) is 31.2 Å². The van der Waals surface area contributed by atoms with Crippen LogP contribution in [0.25, 0.3) is 0 Å². The fraction of sp³-hybridized carbons (Fsp3) is 0.688. The number of nitrogens with zero attached hydrogens (tertiary/aromatic N) is 2. The highest BCUT2D eigenvalue weighted by Gasteiger charge is 2.38. The van der Waals surface area contributed by atoms with Gasteiger partial charge in [0.2, 0.25) is 17.7 Å². The topological polar surface area (TPSA) is 85.4 Å². The van der Waals surface area contributed by atoms with Gasteiger partial charge in [-0.25, -0.2) is 4.98 Å². The summed E-state index contributed by atoms with van der Waals surface area (Å²) in [4.78, 5) is 19.5. The maximum absolute atomic E-state index is 13.1. The molecule has 26 heavy (non-hydrogen) atoms. The first kappa shape index (κ1) is 18.7. The van der Waals surface area contributed by atoms with Gasteiger partial charge in [-0.15, -0.1) is 0 Å². The molecule has 144 valence electrons. The Kier molecular flexibility index (Phi) is 5.49. The standard InChI is InChI=1S/C16H21F3N4O3/c1-20-13(24)9-3-2-4-10(5-9)22-15-21-6-12(16(17,18)19)14(23-15)26-11-7-25-8-11/h6,9-11H,2-5,7-8H2,1H3,(H,20,24)(H,21,22,23).